The van der Waals surface area contributed by atoms with E-state index in [0.29, 0.717) is 6.42 Å². The van der Waals surface area contributed by atoms with Gasteiger partial charge < -0.3 is 14.6 Å². The Labute approximate surface area is 135 Å². The summed E-state index contributed by atoms with van der Waals surface area (Å²) in [7, 11) is 1.78. The highest BCUT2D eigenvalue weighted by Gasteiger charge is 2.33. The van der Waals surface area contributed by atoms with E-state index >= 15 is 0 Å². The van der Waals surface area contributed by atoms with E-state index in [1.54, 1.807) is 11.9 Å². The third kappa shape index (κ3) is 3.09. The molecule has 1 saturated heterocycles. The summed E-state index contributed by atoms with van der Waals surface area (Å²) in [5, 5.41) is 3.88. The fourth-order valence-corrected chi connectivity index (χ4v) is 3.19. The molecule has 1 aliphatic heterocycles. The number of rotatable bonds is 3. The van der Waals surface area contributed by atoms with Crippen LogP contribution in [-0.2, 0) is 9.59 Å². The molecule has 2 aromatic rings. The predicted molar refractivity (Wildman–Crippen MR) is 87.7 cm³/mol. The lowest BCUT2D eigenvalue weighted by Crippen LogP contribution is -2.46. The van der Waals surface area contributed by atoms with Gasteiger partial charge in [-0.3, -0.25) is 9.59 Å². The van der Waals surface area contributed by atoms with Crippen molar-refractivity contribution < 1.29 is 14.0 Å². The van der Waals surface area contributed by atoms with Gasteiger partial charge in [0.25, 0.3) is 0 Å². The number of nitrogens with one attached hydrogen (secondary N) is 1. The normalized spacial score (nSPS) is 22.7. The van der Waals surface area contributed by atoms with E-state index < -0.39 is 0 Å². The molecule has 3 atom stereocenters. The molecule has 0 saturated carbocycles. The lowest BCUT2D eigenvalue weighted by Gasteiger charge is -2.32. The summed E-state index contributed by atoms with van der Waals surface area (Å²) >= 11 is 0. The molecule has 0 aliphatic carbocycles. The van der Waals surface area contributed by atoms with Crippen molar-refractivity contribution in [1.29, 1.82) is 0 Å². The molecular formula is C18H22N2O3. The number of fused-ring (bicyclic) bond motifs is 1. The standard InChI is InChI=1S/C18H22N2O3/c1-11-8-14(10-17(21)19-11)18(22)20(3)12(2)16-9-13-6-4-5-7-15(13)23-16/h4-7,9,11-12,14H,8,10H2,1-3H3,(H,19,21). The zero-order chi connectivity index (χ0) is 16.6. The summed E-state index contributed by atoms with van der Waals surface area (Å²) < 4.78 is 5.86. The molecule has 3 rings (SSSR count). The minimum absolute atomic E-state index is 0.000318. The van der Waals surface area contributed by atoms with Crippen molar-refractivity contribution in [2.45, 2.75) is 38.8 Å². The van der Waals surface area contributed by atoms with Gasteiger partial charge in [-0.15, -0.1) is 0 Å². The fraction of sp³-hybridized carbons (Fsp3) is 0.444. The number of hydrogen-bond acceptors (Lipinski definition) is 3. The number of benzene rings is 1. The van der Waals surface area contributed by atoms with Crippen molar-refractivity contribution >= 4 is 22.8 Å². The maximum absolute atomic E-state index is 12.7. The number of amides is 2. The van der Waals surface area contributed by atoms with Gasteiger partial charge in [0.1, 0.15) is 11.3 Å². The average molecular weight is 314 g/mol. The average Bonchev–Trinajstić information content (AvgIpc) is 2.95. The van der Waals surface area contributed by atoms with Crippen molar-refractivity contribution in [3.63, 3.8) is 0 Å². The predicted octanol–water partition coefficient (Wildman–Crippen LogP) is 2.87. The van der Waals surface area contributed by atoms with Crippen LogP contribution in [0.3, 0.4) is 0 Å². The zero-order valence-electron chi connectivity index (χ0n) is 13.7. The van der Waals surface area contributed by atoms with Gasteiger partial charge in [0.05, 0.1) is 6.04 Å². The minimum Gasteiger partial charge on any atom is -0.459 e. The van der Waals surface area contributed by atoms with Gasteiger partial charge in [0, 0.05) is 30.8 Å². The molecule has 2 heterocycles. The molecule has 0 bridgehead atoms. The van der Waals surface area contributed by atoms with Crippen LogP contribution in [0.5, 0.6) is 0 Å². The van der Waals surface area contributed by atoms with Crippen molar-refractivity contribution in [2.24, 2.45) is 5.92 Å². The van der Waals surface area contributed by atoms with E-state index in [1.165, 1.54) is 0 Å². The van der Waals surface area contributed by atoms with Crippen molar-refractivity contribution in [1.82, 2.24) is 10.2 Å². The Bertz CT molecular complexity index is 704. The molecule has 3 unspecified atom stereocenters. The summed E-state index contributed by atoms with van der Waals surface area (Å²) in [6.45, 7) is 3.88. The first kappa shape index (κ1) is 15.6. The largest absolute Gasteiger partial charge is 0.459 e. The highest BCUT2D eigenvalue weighted by Crippen LogP contribution is 2.29. The second-order valence-electron chi connectivity index (χ2n) is 6.42. The highest BCUT2D eigenvalue weighted by molar-refractivity contribution is 5.87. The first-order chi connectivity index (χ1) is 11.0. The van der Waals surface area contributed by atoms with Crippen molar-refractivity contribution in [3.05, 3.63) is 36.1 Å². The molecule has 122 valence electrons. The molecule has 1 aromatic heterocycles. The molecule has 5 heteroatoms. The van der Waals surface area contributed by atoms with Crippen LogP contribution in [0.15, 0.2) is 34.7 Å². The fourth-order valence-electron chi connectivity index (χ4n) is 3.19. The topological polar surface area (TPSA) is 62.6 Å². The Hall–Kier alpha value is -2.30. The van der Waals surface area contributed by atoms with Gasteiger partial charge in [0.15, 0.2) is 0 Å². The molecule has 0 spiro atoms. The highest BCUT2D eigenvalue weighted by atomic mass is 16.3. The zero-order valence-corrected chi connectivity index (χ0v) is 13.7. The number of nitrogens with zero attached hydrogens (tertiary/aromatic N) is 1. The summed E-state index contributed by atoms with van der Waals surface area (Å²) in [6.07, 6.45) is 0.947. The first-order valence-electron chi connectivity index (χ1n) is 8.00. The van der Waals surface area contributed by atoms with Crippen LogP contribution >= 0.6 is 0 Å². The Balaban J connectivity index is 1.77. The van der Waals surface area contributed by atoms with Crippen LogP contribution in [0.25, 0.3) is 11.0 Å². The van der Waals surface area contributed by atoms with E-state index in [0.717, 1.165) is 16.7 Å². The third-order valence-electron chi connectivity index (χ3n) is 4.61. The van der Waals surface area contributed by atoms with E-state index in [9.17, 15) is 9.59 Å². The summed E-state index contributed by atoms with van der Waals surface area (Å²) in [4.78, 5) is 26.1. The summed E-state index contributed by atoms with van der Waals surface area (Å²) in [6, 6.07) is 9.64. The van der Waals surface area contributed by atoms with Gasteiger partial charge in [-0.05, 0) is 32.4 Å². The van der Waals surface area contributed by atoms with E-state index in [2.05, 4.69) is 5.32 Å². The molecular weight excluding hydrogens is 292 g/mol. The van der Waals surface area contributed by atoms with Crippen LogP contribution in [0, 0.1) is 5.92 Å². The maximum atomic E-state index is 12.7. The third-order valence-corrected chi connectivity index (χ3v) is 4.61. The van der Waals surface area contributed by atoms with Gasteiger partial charge in [-0.2, -0.15) is 0 Å². The lowest BCUT2D eigenvalue weighted by atomic mass is 9.91. The van der Waals surface area contributed by atoms with Gasteiger partial charge in [0.2, 0.25) is 11.8 Å². The SMILES string of the molecule is CC1CC(C(=O)N(C)C(C)c2cc3ccccc3o2)CC(=O)N1. The maximum Gasteiger partial charge on any atom is 0.226 e. The Kier molecular flexibility index (Phi) is 4.11. The quantitative estimate of drug-likeness (QED) is 0.947. The number of piperidine rings is 1. The van der Waals surface area contributed by atoms with E-state index in [-0.39, 0.29) is 36.2 Å². The molecule has 0 radical (unpaired) electrons. The van der Waals surface area contributed by atoms with Gasteiger partial charge in [-0.25, -0.2) is 0 Å². The van der Waals surface area contributed by atoms with Crippen LogP contribution < -0.4 is 5.32 Å². The molecule has 23 heavy (non-hydrogen) atoms. The Morgan fingerprint density at radius 2 is 2.13 bits per heavy atom. The van der Waals surface area contributed by atoms with Gasteiger partial charge in [-0.1, -0.05) is 18.2 Å². The van der Waals surface area contributed by atoms with E-state index in [1.807, 2.05) is 44.2 Å². The number of carbonyl (C=O) groups is 2. The summed E-state index contributed by atoms with van der Waals surface area (Å²) in [5.41, 5.74) is 0.820. The van der Waals surface area contributed by atoms with Crippen LogP contribution in [0.2, 0.25) is 0 Å². The summed E-state index contributed by atoms with van der Waals surface area (Å²) in [5.74, 6) is 0.456. The molecule has 1 fully saturated rings. The molecule has 1 aromatic carbocycles. The first-order valence-corrected chi connectivity index (χ1v) is 8.00. The monoisotopic (exact) mass is 314 g/mol. The molecule has 2 amide bonds. The van der Waals surface area contributed by atoms with E-state index in [4.69, 9.17) is 4.42 Å². The van der Waals surface area contributed by atoms with Gasteiger partial charge >= 0.3 is 0 Å². The van der Waals surface area contributed by atoms with Crippen LogP contribution in [0.4, 0.5) is 0 Å². The second-order valence-corrected chi connectivity index (χ2v) is 6.42. The second kappa shape index (κ2) is 6.07. The number of furan rings is 1. The number of para-hydroxylation sites is 1. The molecule has 5 nitrogen and oxygen atoms in total. The van der Waals surface area contributed by atoms with Crippen LogP contribution in [0.1, 0.15) is 38.5 Å². The number of carbonyl (C=O) groups excluding carboxylic acids is 2. The Morgan fingerprint density at radius 3 is 2.83 bits per heavy atom. The van der Waals surface area contributed by atoms with Crippen LogP contribution in [-0.4, -0.2) is 29.8 Å². The minimum atomic E-state index is -0.254. The molecule has 1 N–H and O–H groups in total. The smallest absolute Gasteiger partial charge is 0.226 e. The molecule has 1 aliphatic rings. The van der Waals surface area contributed by atoms with Crippen molar-refractivity contribution in [3.8, 4) is 0 Å². The number of hydrogen-bond donors (Lipinski definition) is 1. The Morgan fingerprint density at radius 1 is 1.39 bits per heavy atom. The lowest BCUT2D eigenvalue weighted by molar-refractivity contribution is -0.141. The van der Waals surface area contributed by atoms with Crippen molar-refractivity contribution in [2.75, 3.05) is 7.05 Å².